The van der Waals surface area contributed by atoms with Crippen LogP contribution in [0.1, 0.15) is 53.2 Å². The summed E-state index contributed by atoms with van der Waals surface area (Å²) in [5.41, 5.74) is 5.77. The summed E-state index contributed by atoms with van der Waals surface area (Å²) in [6.45, 7) is 1.98. The van der Waals surface area contributed by atoms with Crippen LogP contribution in [0.5, 0.6) is 0 Å². The van der Waals surface area contributed by atoms with Crippen LogP contribution in [0.25, 0.3) is 0 Å². The van der Waals surface area contributed by atoms with Gasteiger partial charge in [-0.15, -0.1) is 0 Å². The van der Waals surface area contributed by atoms with E-state index in [0.717, 1.165) is 6.07 Å². The molecule has 3 atom stereocenters. The summed E-state index contributed by atoms with van der Waals surface area (Å²) in [5.74, 6) is -2.13. The molecule has 0 spiro atoms. The fraction of sp³-hybridized carbons (Fsp3) is 0.400. The lowest BCUT2D eigenvalue weighted by atomic mass is 9.78. The number of carbonyl (C=O) groups is 3. The first kappa shape index (κ1) is 21.8. The molecule has 1 aliphatic rings. The molecule has 0 bridgehead atoms. The molecular weight excluding hydrogens is 413 g/mol. The van der Waals surface area contributed by atoms with Gasteiger partial charge in [-0.2, -0.15) is 0 Å². The van der Waals surface area contributed by atoms with Crippen LogP contribution in [-0.4, -0.2) is 34.3 Å². The van der Waals surface area contributed by atoms with E-state index in [4.69, 9.17) is 17.3 Å². The van der Waals surface area contributed by atoms with E-state index in [1.165, 1.54) is 25.5 Å². The number of nitrogens with two attached hydrogens (primary N) is 1. The summed E-state index contributed by atoms with van der Waals surface area (Å²) >= 11 is 5.99. The Morgan fingerprint density at radius 1 is 1.30 bits per heavy atom. The molecule has 3 amide bonds. The average Bonchev–Trinajstić information content (AvgIpc) is 3.14. The van der Waals surface area contributed by atoms with Crippen molar-refractivity contribution in [2.45, 2.75) is 32.2 Å². The monoisotopic (exact) mass is 435 g/mol. The Morgan fingerprint density at radius 2 is 2.03 bits per heavy atom. The van der Waals surface area contributed by atoms with E-state index in [9.17, 15) is 18.8 Å². The first-order chi connectivity index (χ1) is 14.2. The maximum Gasteiger partial charge on any atom is 0.270 e. The summed E-state index contributed by atoms with van der Waals surface area (Å²) < 4.78 is 14.9. The van der Waals surface area contributed by atoms with E-state index in [1.54, 1.807) is 4.57 Å². The maximum atomic E-state index is 13.2. The zero-order chi connectivity index (χ0) is 22.0. The molecule has 10 heteroatoms. The summed E-state index contributed by atoms with van der Waals surface area (Å²) in [6, 6.07) is 3.69. The highest BCUT2D eigenvalue weighted by Crippen LogP contribution is 2.38. The Bertz CT molecular complexity index is 993. The fourth-order valence-corrected chi connectivity index (χ4v) is 4.21. The van der Waals surface area contributed by atoms with E-state index in [-0.39, 0.29) is 40.2 Å². The van der Waals surface area contributed by atoms with Crippen LogP contribution in [0, 0.1) is 17.7 Å². The zero-order valence-corrected chi connectivity index (χ0v) is 17.4. The van der Waals surface area contributed by atoms with Crippen LogP contribution in [0.2, 0.25) is 5.02 Å². The molecule has 30 heavy (non-hydrogen) atoms. The molecule has 1 aliphatic carbocycles. The van der Waals surface area contributed by atoms with Gasteiger partial charge in [-0.05, 0) is 43.4 Å². The molecule has 1 saturated carbocycles. The van der Waals surface area contributed by atoms with E-state index >= 15 is 0 Å². The molecule has 0 aliphatic heterocycles. The van der Waals surface area contributed by atoms with Crippen molar-refractivity contribution < 1.29 is 18.8 Å². The van der Waals surface area contributed by atoms with Gasteiger partial charge in [0.1, 0.15) is 11.5 Å². The minimum absolute atomic E-state index is 0.0246. The number of primary amides is 1. The first-order valence-corrected chi connectivity index (χ1v) is 9.95. The standard InChI is InChI=1S/C20H23ClFN5O3/c1-10-7-11(19(29)26-14-5-4-12(22)8-13(14)21)3-6-15(10)27-9-25-16(18(23)28)17(27)20(30)24-2/h4-5,8-11,15H,3,6-7H2,1-2H3,(H2,23,28)(H,24,30)(H,26,29). The van der Waals surface area contributed by atoms with Gasteiger partial charge in [0.25, 0.3) is 11.8 Å². The van der Waals surface area contributed by atoms with Crippen molar-refractivity contribution in [2.75, 3.05) is 12.4 Å². The van der Waals surface area contributed by atoms with Gasteiger partial charge in [-0.3, -0.25) is 14.4 Å². The highest BCUT2D eigenvalue weighted by molar-refractivity contribution is 6.33. The largest absolute Gasteiger partial charge is 0.364 e. The van der Waals surface area contributed by atoms with Crippen LogP contribution in [0.15, 0.2) is 24.5 Å². The number of imidazole rings is 1. The molecule has 3 rings (SSSR count). The molecule has 1 aromatic carbocycles. The zero-order valence-electron chi connectivity index (χ0n) is 16.6. The maximum absolute atomic E-state index is 13.2. The predicted molar refractivity (Wildman–Crippen MR) is 110 cm³/mol. The van der Waals surface area contributed by atoms with Crippen molar-refractivity contribution in [3.05, 3.63) is 46.8 Å². The highest BCUT2D eigenvalue weighted by atomic mass is 35.5. The van der Waals surface area contributed by atoms with Crippen molar-refractivity contribution in [2.24, 2.45) is 17.6 Å². The third-order valence-corrected chi connectivity index (χ3v) is 5.82. The molecule has 3 unspecified atom stereocenters. The van der Waals surface area contributed by atoms with Gasteiger partial charge < -0.3 is 20.9 Å². The number of anilines is 1. The van der Waals surface area contributed by atoms with Gasteiger partial charge in [0.15, 0.2) is 5.69 Å². The van der Waals surface area contributed by atoms with Crippen molar-refractivity contribution in [1.29, 1.82) is 0 Å². The van der Waals surface area contributed by atoms with Crippen molar-refractivity contribution >= 4 is 35.0 Å². The van der Waals surface area contributed by atoms with E-state index < -0.39 is 17.6 Å². The number of carbonyl (C=O) groups excluding carboxylic acids is 3. The Hall–Kier alpha value is -2.94. The second-order valence-corrected chi connectivity index (χ2v) is 7.87. The van der Waals surface area contributed by atoms with Gasteiger partial charge >= 0.3 is 0 Å². The van der Waals surface area contributed by atoms with Crippen molar-refractivity contribution in [1.82, 2.24) is 14.9 Å². The number of nitrogens with zero attached hydrogens (tertiary/aromatic N) is 2. The minimum atomic E-state index is -0.774. The number of benzene rings is 1. The van der Waals surface area contributed by atoms with Crippen molar-refractivity contribution in [3.8, 4) is 0 Å². The Labute approximate surface area is 178 Å². The van der Waals surface area contributed by atoms with Crippen LogP contribution in [0.4, 0.5) is 10.1 Å². The second-order valence-electron chi connectivity index (χ2n) is 7.46. The van der Waals surface area contributed by atoms with E-state index in [1.807, 2.05) is 6.92 Å². The molecule has 160 valence electrons. The number of nitrogens with one attached hydrogen (secondary N) is 2. The lowest BCUT2D eigenvalue weighted by molar-refractivity contribution is -0.121. The summed E-state index contributed by atoms with van der Waals surface area (Å²) in [4.78, 5) is 40.7. The van der Waals surface area contributed by atoms with E-state index in [0.29, 0.717) is 24.9 Å². The fourth-order valence-electron chi connectivity index (χ4n) is 3.99. The number of halogens is 2. The SMILES string of the molecule is CNC(=O)c1c(C(N)=O)ncn1C1CCC(C(=O)Nc2ccc(F)cc2Cl)CC1C. The predicted octanol–water partition coefficient (Wildman–Crippen LogP) is 2.75. The smallest absolute Gasteiger partial charge is 0.270 e. The molecule has 1 fully saturated rings. The van der Waals surface area contributed by atoms with Crippen LogP contribution < -0.4 is 16.4 Å². The lowest BCUT2D eigenvalue weighted by Gasteiger charge is -2.35. The molecule has 1 heterocycles. The number of aromatic nitrogens is 2. The molecule has 0 radical (unpaired) electrons. The molecule has 4 N–H and O–H groups in total. The Morgan fingerprint density at radius 3 is 2.63 bits per heavy atom. The first-order valence-electron chi connectivity index (χ1n) is 9.57. The number of hydrogen-bond acceptors (Lipinski definition) is 4. The Kier molecular flexibility index (Phi) is 6.40. The molecule has 2 aromatic rings. The van der Waals surface area contributed by atoms with Crippen LogP contribution in [-0.2, 0) is 4.79 Å². The number of hydrogen-bond donors (Lipinski definition) is 3. The van der Waals surface area contributed by atoms with Crippen LogP contribution in [0.3, 0.4) is 0 Å². The topological polar surface area (TPSA) is 119 Å². The third kappa shape index (κ3) is 4.30. The molecule has 8 nitrogen and oxygen atoms in total. The highest BCUT2D eigenvalue weighted by Gasteiger charge is 2.35. The quantitative estimate of drug-likeness (QED) is 0.668. The Balaban J connectivity index is 1.75. The van der Waals surface area contributed by atoms with Gasteiger partial charge in [0.05, 0.1) is 17.0 Å². The average molecular weight is 436 g/mol. The minimum Gasteiger partial charge on any atom is -0.364 e. The van der Waals surface area contributed by atoms with Gasteiger partial charge in [0, 0.05) is 19.0 Å². The second kappa shape index (κ2) is 8.83. The summed E-state index contributed by atoms with van der Waals surface area (Å²) in [7, 11) is 1.47. The van der Waals surface area contributed by atoms with Gasteiger partial charge in [0.2, 0.25) is 5.91 Å². The normalized spacial score (nSPS) is 21.1. The van der Waals surface area contributed by atoms with Gasteiger partial charge in [-0.1, -0.05) is 18.5 Å². The van der Waals surface area contributed by atoms with E-state index in [2.05, 4.69) is 15.6 Å². The van der Waals surface area contributed by atoms with Crippen molar-refractivity contribution in [3.63, 3.8) is 0 Å². The molecular formula is C20H23ClFN5O3. The number of amides is 3. The van der Waals surface area contributed by atoms with Crippen LogP contribution >= 0.6 is 11.6 Å². The van der Waals surface area contributed by atoms with Gasteiger partial charge in [-0.25, -0.2) is 9.37 Å². The number of rotatable bonds is 5. The third-order valence-electron chi connectivity index (χ3n) is 5.51. The summed E-state index contributed by atoms with van der Waals surface area (Å²) in [6.07, 6.45) is 3.18. The summed E-state index contributed by atoms with van der Waals surface area (Å²) in [5, 5.41) is 5.40. The molecule has 0 saturated heterocycles. The molecule has 1 aromatic heterocycles. The lowest BCUT2D eigenvalue weighted by Crippen LogP contribution is -2.34.